The molecule has 2 aliphatic rings. The molecule has 0 spiro atoms. The van der Waals surface area contributed by atoms with Gasteiger partial charge >= 0.3 is 0 Å². The lowest BCUT2D eigenvalue weighted by atomic mass is 10.2. The molecule has 2 rings (SSSR count). The second kappa shape index (κ2) is 3.89. The van der Waals surface area contributed by atoms with Gasteiger partial charge in [-0.05, 0) is 39.8 Å². The molecule has 0 aromatic rings. The van der Waals surface area contributed by atoms with Crippen molar-refractivity contribution >= 4 is 5.91 Å². The third kappa shape index (κ3) is 2.08. The van der Waals surface area contributed by atoms with Gasteiger partial charge in [0.1, 0.15) is 0 Å². The standard InChI is InChI=1S/C11H20N2O/c1-9-8-12(2)6-3-7-13(9)11(14)10-4-5-10/h9-10H,3-8H2,1-2H3. The maximum absolute atomic E-state index is 11.9. The number of carbonyl (C=O) groups is 1. The Morgan fingerprint density at radius 1 is 1.29 bits per heavy atom. The zero-order chi connectivity index (χ0) is 10.1. The monoisotopic (exact) mass is 196 g/mol. The second-order valence-electron chi connectivity index (χ2n) is 4.77. The van der Waals surface area contributed by atoms with E-state index < -0.39 is 0 Å². The highest BCUT2D eigenvalue weighted by atomic mass is 16.2. The van der Waals surface area contributed by atoms with E-state index in [-0.39, 0.29) is 0 Å². The second-order valence-corrected chi connectivity index (χ2v) is 4.77. The topological polar surface area (TPSA) is 23.6 Å². The number of nitrogens with zero attached hydrogens (tertiary/aromatic N) is 2. The summed E-state index contributed by atoms with van der Waals surface area (Å²) in [6.45, 7) is 5.28. The summed E-state index contributed by atoms with van der Waals surface area (Å²) in [6, 6.07) is 0.399. The average molecular weight is 196 g/mol. The third-order valence-corrected chi connectivity index (χ3v) is 3.26. The minimum Gasteiger partial charge on any atom is -0.338 e. The summed E-state index contributed by atoms with van der Waals surface area (Å²) >= 11 is 0. The lowest BCUT2D eigenvalue weighted by Gasteiger charge is -2.28. The molecule has 1 heterocycles. The Hall–Kier alpha value is -0.570. The molecule has 1 atom stereocenters. The fourth-order valence-electron chi connectivity index (χ4n) is 2.26. The van der Waals surface area contributed by atoms with Crippen molar-refractivity contribution in [3.05, 3.63) is 0 Å². The van der Waals surface area contributed by atoms with Crippen molar-refractivity contribution in [2.45, 2.75) is 32.2 Å². The summed E-state index contributed by atoms with van der Waals surface area (Å²) in [5, 5.41) is 0. The first kappa shape index (κ1) is 9.97. The lowest BCUT2D eigenvalue weighted by molar-refractivity contribution is -0.134. The Morgan fingerprint density at radius 3 is 2.64 bits per heavy atom. The van der Waals surface area contributed by atoms with Gasteiger partial charge in [-0.1, -0.05) is 0 Å². The van der Waals surface area contributed by atoms with Crippen LogP contribution >= 0.6 is 0 Å². The van der Waals surface area contributed by atoms with E-state index in [2.05, 4.69) is 23.8 Å². The third-order valence-electron chi connectivity index (χ3n) is 3.26. The molecule has 1 amide bonds. The van der Waals surface area contributed by atoms with E-state index in [1.807, 2.05) is 0 Å². The number of carbonyl (C=O) groups excluding carboxylic acids is 1. The molecule has 0 bridgehead atoms. The summed E-state index contributed by atoms with van der Waals surface area (Å²) < 4.78 is 0. The molecule has 1 saturated heterocycles. The van der Waals surface area contributed by atoms with Crippen LogP contribution in [0, 0.1) is 5.92 Å². The number of rotatable bonds is 1. The summed E-state index contributed by atoms with van der Waals surface area (Å²) in [7, 11) is 2.14. The molecule has 3 nitrogen and oxygen atoms in total. The van der Waals surface area contributed by atoms with Crippen LogP contribution in [-0.4, -0.2) is 48.4 Å². The van der Waals surface area contributed by atoms with Crippen molar-refractivity contribution in [3.8, 4) is 0 Å². The zero-order valence-electron chi connectivity index (χ0n) is 9.20. The van der Waals surface area contributed by atoms with Crippen molar-refractivity contribution in [1.82, 2.24) is 9.80 Å². The molecular weight excluding hydrogens is 176 g/mol. The van der Waals surface area contributed by atoms with Crippen LogP contribution < -0.4 is 0 Å². The van der Waals surface area contributed by atoms with Gasteiger partial charge in [0.2, 0.25) is 5.91 Å². The molecule has 80 valence electrons. The summed E-state index contributed by atoms with van der Waals surface area (Å²) in [5.41, 5.74) is 0. The SMILES string of the molecule is CC1CN(C)CCCN1C(=O)C1CC1. The molecule has 0 radical (unpaired) electrons. The van der Waals surface area contributed by atoms with E-state index in [9.17, 15) is 4.79 Å². The van der Waals surface area contributed by atoms with Gasteiger partial charge in [-0.2, -0.15) is 0 Å². The Morgan fingerprint density at radius 2 is 2.00 bits per heavy atom. The van der Waals surface area contributed by atoms with Crippen molar-refractivity contribution in [3.63, 3.8) is 0 Å². The highest BCUT2D eigenvalue weighted by Gasteiger charge is 2.35. The smallest absolute Gasteiger partial charge is 0.225 e. The molecule has 2 fully saturated rings. The van der Waals surface area contributed by atoms with E-state index in [4.69, 9.17) is 0 Å². The fraction of sp³-hybridized carbons (Fsp3) is 0.909. The highest BCUT2D eigenvalue weighted by molar-refractivity contribution is 5.81. The van der Waals surface area contributed by atoms with Crippen molar-refractivity contribution in [2.75, 3.05) is 26.7 Å². The summed E-state index contributed by atoms with van der Waals surface area (Å²) in [6.07, 6.45) is 3.37. The van der Waals surface area contributed by atoms with Crippen LogP contribution in [0.5, 0.6) is 0 Å². The predicted octanol–water partition coefficient (Wildman–Crippen LogP) is 0.949. The Balaban J connectivity index is 1.98. The van der Waals surface area contributed by atoms with Crippen molar-refractivity contribution in [1.29, 1.82) is 0 Å². The maximum Gasteiger partial charge on any atom is 0.225 e. The number of likely N-dealkylation sites (N-methyl/N-ethyl adjacent to an activating group) is 1. The van der Waals surface area contributed by atoms with Crippen LogP contribution in [0.2, 0.25) is 0 Å². The Kier molecular flexibility index (Phi) is 2.77. The van der Waals surface area contributed by atoms with Crippen LogP contribution in [0.15, 0.2) is 0 Å². The van der Waals surface area contributed by atoms with Crippen LogP contribution in [0.3, 0.4) is 0 Å². The molecule has 0 aromatic carbocycles. The lowest BCUT2D eigenvalue weighted by Crippen LogP contribution is -2.42. The molecule has 0 aromatic heterocycles. The summed E-state index contributed by atoms with van der Waals surface area (Å²) in [5.74, 6) is 0.786. The number of amides is 1. The Labute approximate surface area is 86.1 Å². The van der Waals surface area contributed by atoms with Crippen LogP contribution in [0.4, 0.5) is 0 Å². The van der Waals surface area contributed by atoms with Crippen LogP contribution in [-0.2, 0) is 4.79 Å². The van der Waals surface area contributed by atoms with E-state index in [1.165, 1.54) is 0 Å². The van der Waals surface area contributed by atoms with Gasteiger partial charge in [0.25, 0.3) is 0 Å². The maximum atomic E-state index is 11.9. The fourth-order valence-corrected chi connectivity index (χ4v) is 2.26. The van der Waals surface area contributed by atoms with E-state index in [0.717, 1.165) is 38.9 Å². The van der Waals surface area contributed by atoms with Gasteiger partial charge in [-0.25, -0.2) is 0 Å². The molecule has 1 saturated carbocycles. The molecule has 14 heavy (non-hydrogen) atoms. The molecular formula is C11H20N2O. The normalized spacial score (nSPS) is 30.1. The van der Waals surface area contributed by atoms with E-state index in [0.29, 0.717) is 17.9 Å². The quantitative estimate of drug-likeness (QED) is 0.623. The first-order valence-corrected chi connectivity index (χ1v) is 5.67. The van der Waals surface area contributed by atoms with E-state index in [1.54, 1.807) is 0 Å². The zero-order valence-corrected chi connectivity index (χ0v) is 9.20. The number of hydrogen-bond acceptors (Lipinski definition) is 2. The number of hydrogen-bond donors (Lipinski definition) is 0. The largest absolute Gasteiger partial charge is 0.338 e. The van der Waals surface area contributed by atoms with Gasteiger partial charge in [0, 0.05) is 25.0 Å². The van der Waals surface area contributed by atoms with Gasteiger partial charge in [-0.3, -0.25) is 4.79 Å². The first-order valence-electron chi connectivity index (χ1n) is 5.67. The minimum absolute atomic E-state index is 0.376. The highest BCUT2D eigenvalue weighted by Crippen LogP contribution is 2.32. The van der Waals surface area contributed by atoms with Crippen molar-refractivity contribution < 1.29 is 4.79 Å². The molecule has 0 N–H and O–H groups in total. The molecule has 1 aliphatic heterocycles. The first-order chi connectivity index (χ1) is 6.68. The van der Waals surface area contributed by atoms with Gasteiger partial charge in [-0.15, -0.1) is 0 Å². The van der Waals surface area contributed by atoms with Crippen molar-refractivity contribution in [2.24, 2.45) is 5.92 Å². The molecule has 3 heteroatoms. The average Bonchev–Trinajstić information content (AvgIpc) is 2.92. The summed E-state index contributed by atoms with van der Waals surface area (Å²) in [4.78, 5) is 16.4. The van der Waals surface area contributed by atoms with Gasteiger partial charge < -0.3 is 9.80 Å². The van der Waals surface area contributed by atoms with Gasteiger partial charge in [0.05, 0.1) is 0 Å². The minimum atomic E-state index is 0.376. The van der Waals surface area contributed by atoms with Crippen LogP contribution in [0.1, 0.15) is 26.2 Å². The molecule has 1 unspecified atom stereocenters. The van der Waals surface area contributed by atoms with Crippen LogP contribution in [0.25, 0.3) is 0 Å². The predicted molar refractivity (Wildman–Crippen MR) is 56.0 cm³/mol. The Bertz CT molecular complexity index is 225. The molecule has 1 aliphatic carbocycles. The van der Waals surface area contributed by atoms with E-state index >= 15 is 0 Å². The van der Waals surface area contributed by atoms with Gasteiger partial charge in [0.15, 0.2) is 0 Å².